The number of para-hydroxylation sites is 3. The summed E-state index contributed by atoms with van der Waals surface area (Å²) >= 11 is 0. The maximum absolute atomic E-state index is 14.1. The lowest BCUT2D eigenvalue weighted by Crippen LogP contribution is -2.38. The summed E-state index contributed by atoms with van der Waals surface area (Å²) in [7, 11) is 0. The molecule has 1 atom stereocenters. The van der Waals surface area contributed by atoms with Gasteiger partial charge in [-0.15, -0.1) is 0 Å². The molecular formula is C31H29N5O2. The van der Waals surface area contributed by atoms with Crippen LogP contribution in [0.3, 0.4) is 0 Å². The van der Waals surface area contributed by atoms with Crippen molar-refractivity contribution >= 4 is 11.7 Å². The molecule has 0 unspecified atom stereocenters. The number of nitrogens with one attached hydrogen (secondary N) is 1. The van der Waals surface area contributed by atoms with Crippen LogP contribution in [0.5, 0.6) is 5.75 Å². The Kier molecular flexibility index (Phi) is 6.17. The third-order valence-electron chi connectivity index (χ3n) is 6.89. The largest absolute Gasteiger partial charge is 0.492 e. The first kappa shape index (κ1) is 23.6. The highest BCUT2D eigenvalue weighted by Crippen LogP contribution is 2.39. The van der Waals surface area contributed by atoms with Gasteiger partial charge in [-0.1, -0.05) is 60.7 Å². The number of fused-ring (bicyclic) bond motifs is 3. The molecule has 190 valence electrons. The van der Waals surface area contributed by atoms with Crippen molar-refractivity contribution in [2.24, 2.45) is 0 Å². The van der Waals surface area contributed by atoms with E-state index in [1.807, 2.05) is 102 Å². The molecule has 1 aliphatic rings. The molecule has 38 heavy (non-hydrogen) atoms. The summed E-state index contributed by atoms with van der Waals surface area (Å²) in [6, 6.07) is 31.4. The number of amides is 2. The number of anilines is 1. The van der Waals surface area contributed by atoms with E-state index in [1.165, 1.54) is 0 Å². The van der Waals surface area contributed by atoms with Crippen LogP contribution in [0.2, 0.25) is 0 Å². The lowest BCUT2D eigenvalue weighted by atomic mass is 10.0. The van der Waals surface area contributed by atoms with Crippen LogP contribution in [0, 0.1) is 6.92 Å². The fraction of sp³-hybridized carbons (Fsp3) is 0.161. The Balaban J connectivity index is 1.51. The van der Waals surface area contributed by atoms with Gasteiger partial charge in [-0.25, -0.2) is 9.48 Å². The first-order chi connectivity index (χ1) is 18.7. The van der Waals surface area contributed by atoms with Crippen LogP contribution in [0.15, 0.2) is 103 Å². The molecule has 7 nitrogen and oxygen atoms in total. The minimum Gasteiger partial charge on any atom is -0.492 e. The van der Waals surface area contributed by atoms with E-state index in [1.54, 1.807) is 0 Å². The summed E-state index contributed by atoms with van der Waals surface area (Å²) < 4.78 is 9.92. The normalized spacial score (nSPS) is 14.4. The predicted molar refractivity (Wildman–Crippen MR) is 148 cm³/mol. The van der Waals surface area contributed by atoms with Crippen LogP contribution < -0.4 is 10.1 Å². The van der Waals surface area contributed by atoms with Crippen molar-refractivity contribution in [1.29, 1.82) is 0 Å². The molecule has 2 aromatic heterocycles. The molecule has 3 heterocycles. The predicted octanol–water partition coefficient (Wildman–Crippen LogP) is 6.51. The molecule has 1 aliphatic heterocycles. The van der Waals surface area contributed by atoms with Gasteiger partial charge in [-0.05, 0) is 55.8 Å². The van der Waals surface area contributed by atoms with Gasteiger partial charge in [0.05, 0.1) is 42.0 Å². The zero-order valence-electron chi connectivity index (χ0n) is 21.4. The fourth-order valence-electron chi connectivity index (χ4n) is 5.17. The maximum Gasteiger partial charge on any atom is 0.323 e. The first-order valence-electron chi connectivity index (χ1n) is 12.8. The van der Waals surface area contributed by atoms with E-state index in [0.717, 1.165) is 34.0 Å². The van der Waals surface area contributed by atoms with E-state index in [-0.39, 0.29) is 12.1 Å². The Morgan fingerprint density at radius 2 is 1.66 bits per heavy atom. The Labute approximate surface area is 221 Å². The summed E-state index contributed by atoms with van der Waals surface area (Å²) in [5, 5.41) is 8.04. The van der Waals surface area contributed by atoms with Gasteiger partial charge in [-0.3, -0.25) is 0 Å². The number of aryl methyl sites for hydroxylation is 1. The van der Waals surface area contributed by atoms with Crippen LogP contribution in [0.1, 0.15) is 35.5 Å². The van der Waals surface area contributed by atoms with Crippen molar-refractivity contribution < 1.29 is 9.53 Å². The lowest BCUT2D eigenvalue weighted by molar-refractivity contribution is 0.194. The molecule has 0 radical (unpaired) electrons. The third kappa shape index (κ3) is 4.12. The number of hydrogen-bond acceptors (Lipinski definition) is 3. The Morgan fingerprint density at radius 1 is 0.947 bits per heavy atom. The van der Waals surface area contributed by atoms with E-state index in [4.69, 9.17) is 9.84 Å². The van der Waals surface area contributed by atoms with E-state index in [2.05, 4.69) is 34.3 Å². The monoisotopic (exact) mass is 503 g/mol. The molecular weight excluding hydrogens is 474 g/mol. The van der Waals surface area contributed by atoms with Crippen LogP contribution in [0.25, 0.3) is 11.5 Å². The van der Waals surface area contributed by atoms with Gasteiger partial charge in [0.25, 0.3) is 0 Å². The van der Waals surface area contributed by atoms with Crippen LogP contribution >= 0.6 is 0 Å². The number of carbonyl (C=O) groups is 1. The van der Waals surface area contributed by atoms with E-state index in [9.17, 15) is 4.79 Å². The quantitative estimate of drug-likeness (QED) is 0.297. The lowest BCUT2D eigenvalue weighted by Gasteiger charge is -2.31. The van der Waals surface area contributed by atoms with Crippen molar-refractivity contribution in [3.63, 3.8) is 0 Å². The third-order valence-corrected chi connectivity index (χ3v) is 6.89. The van der Waals surface area contributed by atoms with E-state index in [0.29, 0.717) is 24.6 Å². The molecule has 6 rings (SSSR count). The molecule has 0 fully saturated rings. The second-order valence-electron chi connectivity index (χ2n) is 9.24. The average molecular weight is 504 g/mol. The van der Waals surface area contributed by atoms with Crippen molar-refractivity contribution in [3.8, 4) is 17.3 Å². The molecule has 0 spiro atoms. The molecule has 2 amide bonds. The zero-order chi connectivity index (χ0) is 26.1. The Bertz CT molecular complexity index is 1570. The summed E-state index contributed by atoms with van der Waals surface area (Å²) in [5.74, 6) is 1.59. The molecule has 0 saturated carbocycles. The summed E-state index contributed by atoms with van der Waals surface area (Å²) in [6.45, 7) is 4.84. The summed E-state index contributed by atoms with van der Waals surface area (Å²) in [6.07, 6.45) is 2.05. The fourth-order valence-corrected chi connectivity index (χ4v) is 5.17. The number of ether oxygens (including phenoxy) is 1. The minimum absolute atomic E-state index is 0.210. The highest BCUT2D eigenvalue weighted by Gasteiger charge is 2.36. The molecule has 0 bridgehead atoms. The van der Waals surface area contributed by atoms with Crippen molar-refractivity contribution in [2.75, 3.05) is 11.9 Å². The van der Waals surface area contributed by atoms with Crippen LogP contribution in [0.4, 0.5) is 10.5 Å². The highest BCUT2D eigenvalue weighted by atomic mass is 16.5. The molecule has 0 aliphatic carbocycles. The number of aromatic nitrogens is 3. The first-order valence-corrected chi connectivity index (χ1v) is 12.8. The van der Waals surface area contributed by atoms with Gasteiger partial charge >= 0.3 is 6.03 Å². The van der Waals surface area contributed by atoms with Crippen molar-refractivity contribution in [1.82, 2.24) is 19.2 Å². The van der Waals surface area contributed by atoms with Crippen molar-refractivity contribution in [2.45, 2.75) is 26.4 Å². The Morgan fingerprint density at radius 3 is 2.42 bits per heavy atom. The summed E-state index contributed by atoms with van der Waals surface area (Å²) in [5.41, 5.74) is 5.50. The van der Waals surface area contributed by atoms with Gasteiger partial charge in [0.15, 0.2) is 0 Å². The average Bonchev–Trinajstić information content (AvgIpc) is 3.51. The van der Waals surface area contributed by atoms with Gasteiger partial charge in [-0.2, -0.15) is 5.10 Å². The highest BCUT2D eigenvalue weighted by molar-refractivity contribution is 5.91. The number of benzene rings is 3. The number of urea groups is 1. The molecule has 5 aromatic rings. The number of nitrogens with zero attached hydrogens (tertiary/aromatic N) is 4. The summed E-state index contributed by atoms with van der Waals surface area (Å²) in [4.78, 5) is 16.0. The number of rotatable bonds is 5. The molecule has 7 heteroatoms. The molecule has 1 N–H and O–H groups in total. The van der Waals surface area contributed by atoms with Gasteiger partial charge in [0.1, 0.15) is 11.6 Å². The van der Waals surface area contributed by atoms with E-state index >= 15 is 0 Å². The SMILES string of the molecule is CCOc1ccccc1NC(=O)N1Cc2c(C)nn(-c3ccccc3)c2-n2cccc2[C@@H]1c1ccccc1. The maximum atomic E-state index is 14.1. The van der Waals surface area contributed by atoms with Gasteiger partial charge < -0.3 is 19.5 Å². The number of hydrogen-bond donors (Lipinski definition) is 1. The van der Waals surface area contributed by atoms with Gasteiger partial charge in [0, 0.05) is 11.8 Å². The standard InChI is InChI=1S/C31H29N5O2/c1-3-38-28-19-11-10-17-26(28)32-31(37)35-21-25-22(2)33-36(24-15-8-5-9-16-24)30(25)34-20-12-18-27(34)29(35)23-13-6-4-7-14-23/h4-20,29H,3,21H2,1-2H3,(H,32,37)/t29-/m0/s1. The number of carbonyl (C=O) groups excluding carboxylic acids is 1. The second-order valence-corrected chi connectivity index (χ2v) is 9.24. The Hall–Kier alpha value is -4.78. The zero-order valence-corrected chi connectivity index (χ0v) is 21.4. The minimum atomic E-state index is -0.318. The smallest absolute Gasteiger partial charge is 0.323 e. The van der Waals surface area contributed by atoms with Crippen LogP contribution in [-0.2, 0) is 6.54 Å². The second kappa shape index (κ2) is 9.94. The molecule has 3 aromatic carbocycles. The van der Waals surface area contributed by atoms with Gasteiger partial charge in [0.2, 0.25) is 0 Å². The van der Waals surface area contributed by atoms with E-state index < -0.39 is 0 Å². The topological polar surface area (TPSA) is 64.3 Å². The van der Waals surface area contributed by atoms with Crippen molar-refractivity contribution in [3.05, 3.63) is 126 Å². The van der Waals surface area contributed by atoms with Crippen LogP contribution in [-0.4, -0.2) is 31.9 Å². The molecule has 0 saturated heterocycles.